The van der Waals surface area contributed by atoms with Crippen molar-refractivity contribution in [2.45, 2.75) is 13.3 Å². The molecule has 0 saturated heterocycles. The molecule has 0 radical (unpaired) electrons. The molecule has 1 aromatic rings. The van der Waals surface area contributed by atoms with Crippen molar-refractivity contribution in [3.8, 4) is 0 Å². The van der Waals surface area contributed by atoms with Crippen LogP contribution in [0.3, 0.4) is 0 Å². The predicted octanol–water partition coefficient (Wildman–Crippen LogP) is 1.46. The van der Waals surface area contributed by atoms with Crippen molar-refractivity contribution in [2.75, 3.05) is 6.54 Å². The van der Waals surface area contributed by atoms with Crippen LogP contribution in [-0.2, 0) is 4.79 Å². The van der Waals surface area contributed by atoms with E-state index in [1.165, 1.54) is 11.3 Å². The lowest BCUT2D eigenvalue weighted by atomic mass is 10.3. The van der Waals surface area contributed by atoms with Gasteiger partial charge in [-0.2, -0.15) is 0 Å². The number of nitrogens with one attached hydrogen (secondary N) is 1. The maximum absolute atomic E-state index is 11.3. The van der Waals surface area contributed by atoms with Crippen molar-refractivity contribution < 1.29 is 9.59 Å². The van der Waals surface area contributed by atoms with Crippen molar-refractivity contribution in [3.05, 3.63) is 22.4 Å². The highest BCUT2D eigenvalue weighted by Crippen LogP contribution is 2.08. The van der Waals surface area contributed by atoms with Crippen LogP contribution in [0.15, 0.2) is 17.5 Å². The standard InChI is InChI=1S/C9H11NO2S/c1-2-5-10-9(12)8(11)7-4-3-6-13-7/h3-4,6H,2,5H2,1H3,(H,10,12). The zero-order chi connectivity index (χ0) is 9.68. The summed E-state index contributed by atoms with van der Waals surface area (Å²) >= 11 is 1.28. The molecule has 0 saturated carbocycles. The first-order chi connectivity index (χ1) is 6.25. The molecule has 3 nitrogen and oxygen atoms in total. The highest BCUT2D eigenvalue weighted by molar-refractivity contribution is 7.12. The summed E-state index contributed by atoms with van der Waals surface area (Å²) in [5, 5.41) is 4.32. The number of Topliss-reactive ketones (excluding diaryl/α,β-unsaturated/α-hetero) is 1. The summed E-state index contributed by atoms with van der Waals surface area (Å²) in [6.07, 6.45) is 0.837. The quantitative estimate of drug-likeness (QED) is 0.586. The Balaban J connectivity index is 2.53. The Morgan fingerprint density at radius 1 is 1.54 bits per heavy atom. The fourth-order valence-electron chi connectivity index (χ4n) is 0.838. The lowest BCUT2D eigenvalue weighted by Gasteiger charge is -1.99. The average Bonchev–Trinajstić information content (AvgIpc) is 2.65. The minimum absolute atomic E-state index is 0.441. The van der Waals surface area contributed by atoms with E-state index in [0.717, 1.165) is 6.42 Å². The van der Waals surface area contributed by atoms with Gasteiger partial charge in [-0.3, -0.25) is 9.59 Å². The zero-order valence-electron chi connectivity index (χ0n) is 7.37. The van der Waals surface area contributed by atoms with Gasteiger partial charge in [0.05, 0.1) is 4.88 Å². The number of hydrogen-bond donors (Lipinski definition) is 1. The Kier molecular flexibility index (Phi) is 3.64. The first kappa shape index (κ1) is 9.92. The van der Waals surface area contributed by atoms with Gasteiger partial charge in [0.2, 0.25) is 0 Å². The van der Waals surface area contributed by atoms with E-state index in [9.17, 15) is 9.59 Å². The first-order valence-electron chi connectivity index (χ1n) is 4.11. The number of ketones is 1. The van der Waals surface area contributed by atoms with E-state index in [1.807, 2.05) is 6.92 Å². The fraction of sp³-hybridized carbons (Fsp3) is 0.333. The van der Waals surface area contributed by atoms with Crippen LogP contribution in [0, 0.1) is 0 Å². The largest absolute Gasteiger partial charge is 0.349 e. The number of hydrogen-bond acceptors (Lipinski definition) is 3. The Morgan fingerprint density at radius 3 is 2.85 bits per heavy atom. The average molecular weight is 197 g/mol. The van der Waals surface area contributed by atoms with Crippen LogP contribution in [0.25, 0.3) is 0 Å². The normalized spacial score (nSPS) is 9.62. The van der Waals surface area contributed by atoms with E-state index in [4.69, 9.17) is 0 Å². The minimum Gasteiger partial charge on any atom is -0.349 e. The van der Waals surface area contributed by atoms with Gasteiger partial charge >= 0.3 is 0 Å². The Morgan fingerprint density at radius 2 is 2.31 bits per heavy atom. The van der Waals surface area contributed by atoms with Crippen LogP contribution >= 0.6 is 11.3 Å². The Labute approximate surface area is 80.8 Å². The molecule has 0 aliphatic heterocycles. The molecule has 0 atom stereocenters. The van der Waals surface area contributed by atoms with E-state index in [-0.39, 0.29) is 0 Å². The molecule has 0 fully saturated rings. The van der Waals surface area contributed by atoms with Gasteiger partial charge in [-0.25, -0.2) is 0 Å². The second kappa shape index (κ2) is 4.77. The van der Waals surface area contributed by atoms with Gasteiger partial charge in [0, 0.05) is 6.54 Å². The second-order valence-electron chi connectivity index (χ2n) is 2.56. The third kappa shape index (κ3) is 2.66. The summed E-state index contributed by atoms with van der Waals surface area (Å²) < 4.78 is 0. The Hall–Kier alpha value is -1.16. The summed E-state index contributed by atoms with van der Waals surface area (Å²) in [6.45, 7) is 2.49. The zero-order valence-corrected chi connectivity index (χ0v) is 8.19. The summed E-state index contributed by atoms with van der Waals surface area (Å²) in [5.74, 6) is -0.951. The number of thiophene rings is 1. The van der Waals surface area contributed by atoms with Crippen molar-refractivity contribution in [3.63, 3.8) is 0 Å². The van der Waals surface area contributed by atoms with Crippen LogP contribution in [0.2, 0.25) is 0 Å². The molecule has 4 heteroatoms. The van der Waals surface area contributed by atoms with Gasteiger partial charge in [-0.1, -0.05) is 13.0 Å². The molecule has 70 valence electrons. The van der Waals surface area contributed by atoms with Crippen molar-refractivity contribution in [2.24, 2.45) is 0 Å². The van der Waals surface area contributed by atoms with Crippen molar-refractivity contribution >= 4 is 23.0 Å². The SMILES string of the molecule is CCCNC(=O)C(=O)c1cccs1. The highest BCUT2D eigenvalue weighted by atomic mass is 32.1. The molecule has 0 aliphatic carbocycles. The summed E-state index contributed by atoms with van der Waals surface area (Å²) in [4.78, 5) is 23.0. The van der Waals surface area contributed by atoms with Gasteiger partial charge in [0.15, 0.2) is 0 Å². The van der Waals surface area contributed by atoms with E-state index in [0.29, 0.717) is 11.4 Å². The number of carbonyl (C=O) groups is 2. The summed E-state index contributed by atoms with van der Waals surface area (Å²) in [6, 6.07) is 3.41. The molecule has 1 heterocycles. The topological polar surface area (TPSA) is 46.2 Å². The molecule has 1 rings (SSSR count). The van der Waals surface area contributed by atoms with Crippen LogP contribution in [0.4, 0.5) is 0 Å². The van der Waals surface area contributed by atoms with Gasteiger partial charge in [-0.15, -0.1) is 11.3 Å². The van der Waals surface area contributed by atoms with Gasteiger partial charge in [0.25, 0.3) is 11.7 Å². The molecule has 0 spiro atoms. The van der Waals surface area contributed by atoms with Crippen LogP contribution in [0.1, 0.15) is 23.0 Å². The van der Waals surface area contributed by atoms with Crippen LogP contribution in [0.5, 0.6) is 0 Å². The first-order valence-corrected chi connectivity index (χ1v) is 4.99. The molecule has 1 N–H and O–H groups in total. The molecule has 0 unspecified atom stereocenters. The highest BCUT2D eigenvalue weighted by Gasteiger charge is 2.15. The van der Waals surface area contributed by atoms with Crippen molar-refractivity contribution in [1.82, 2.24) is 5.32 Å². The predicted molar refractivity (Wildman–Crippen MR) is 52.0 cm³/mol. The van der Waals surface area contributed by atoms with E-state index in [1.54, 1.807) is 17.5 Å². The lowest BCUT2D eigenvalue weighted by molar-refractivity contribution is -0.116. The lowest BCUT2D eigenvalue weighted by Crippen LogP contribution is -2.31. The minimum atomic E-state index is -0.510. The number of carbonyl (C=O) groups excluding carboxylic acids is 2. The Bertz CT molecular complexity index is 293. The smallest absolute Gasteiger partial charge is 0.293 e. The van der Waals surface area contributed by atoms with E-state index < -0.39 is 11.7 Å². The fourth-order valence-corrected chi connectivity index (χ4v) is 1.50. The van der Waals surface area contributed by atoms with E-state index >= 15 is 0 Å². The third-order valence-electron chi connectivity index (χ3n) is 1.49. The molecule has 0 aromatic carbocycles. The van der Waals surface area contributed by atoms with Crippen LogP contribution in [-0.4, -0.2) is 18.2 Å². The van der Waals surface area contributed by atoms with Gasteiger partial charge < -0.3 is 5.32 Å². The molecule has 0 aliphatic rings. The molecule has 1 aromatic heterocycles. The maximum atomic E-state index is 11.3. The van der Waals surface area contributed by atoms with Gasteiger partial charge in [0.1, 0.15) is 0 Å². The summed E-state index contributed by atoms with van der Waals surface area (Å²) in [5.41, 5.74) is 0. The molecular formula is C9H11NO2S. The van der Waals surface area contributed by atoms with Gasteiger partial charge in [-0.05, 0) is 17.9 Å². The molecular weight excluding hydrogens is 186 g/mol. The van der Waals surface area contributed by atoms with Crippen LogP contribution < -0.4 is 5.32 Å². The number of rotatable bonds is 4. The molecule has 13 heavy (non-hydrogen) atoms. The molecule has 1 amide bonds. The summed E-state index contributed by atoms with van der Waals surface area (Å²) in [7, 11) is 0. The monoisotopic (exact) mass is 197 g/mol. The maximum Gasteiger partial charge on any atom is 0.293 e. The van der Waals surface area contributed by atoms with E-state index in [2.05, 4.69) is 5.32 Å². The molecule has 0 bridgehead atoms. The second-order valence-corrected chi connectivity index (χ2v) is 3.51. The third-order valence-corrected chi connectivity index (χ3v) is 2.36. The van der Waals surface area contributed by atoms with Crippen molar-refractivity contribution in [1.29, 1.82) is 0 Å². The number of amides is 1.